The molecule has 0 saturated carbocycles. The second kappa shape index (κ2) is 7.47. The molecule has 1 aliphatic heterocycles. The van der Waals surface area contributed by atoms with Crippen molar-refractivity contribution < 1.29 is 19.0 Å². The highest BCUT2D eigenvalue weighted by molar-refractivity contribution is 5.91. The number of piperidine rings is 1. The first kappa shape index (κ1) is 16.6. The Morgan fingerprint density at radius 1 is 1.23 bits per heavy atom. The Morgan fingerprint density at radius 3 is 2.45 bits per heavy atom. The molecule has 1 heterocycles. The number of hydrogen-bond acceptors (Lipinski definition) is 4. The van der Waals surface area contributed by atoms with Gasteiger partial charge in [0.2, 0.25) is 0 Å². The van der Waals surface area contributed by atoms with Crippen molar-refractivity contribution in [1.29, 1.82) is 0 Å². The van der Waals surface area contributed by atoms with Gasteiger partial charge in [0.1, 0.15) is 5.75 Å². The highest BCUT2D eigenvalue weighted by atomic mass is 16.7. The number of hydrogen-bond donors (Lipinski definition) is 1. The lowest BCUT2D eigenvalue weighted by molar-refractivity contribution is -0.226. The predicted molar refractivity (Wildman–Crippen MR) is 84.2 cm³/mol. The molecule has 1 fully saturated rings. The van der Waals surface area contributed by atoms with E-state index in [4.69, 9.17) is 14.2 Å². The molecule has 0 unspecified atom stereocenters. The molecule has 1 aromatic rings. The summed E-state index contributed by atoms with van der Waals surface area (Å²) >= 11 is 0. The van der Waals surface area contributed by atoms with Crippen molar-refractivity contribution in [3.63, 3.8) is 0 Å². The first-order valence-electron chi connectivity index (χ1n) is 7.52. The van der Waals surface area contributed by atoms with Crippen LogP contribution in [-0.2, 0) is 9.47 Å². The third-order valence-electron chi connectivity index (χ3n) is 3.98. The first-order chi connectivity index (χ1) is 10.6. The molecule has 0 aromatic heterocycles. The van der Waals surface area contributed by atoms with E-state index in [0.29, 0.717) is 44.0 Å². The molecule has 2 amide bonds. The zero-order chi connectivity index (χ0) is 16.0. The van der Waals surface area contributed by atoms with Crippen molar-refractivity contribution in [1.82, 2.24) is 4.90 Å². The lowest BCUT2D eigenvalue weighted by atomic mass is 10.0. The average Bonchev–Trinajstić information content (AvgIpc) is 2.57. The lowest BCUT2D eigenvalue weighted by Gasteiger charge is -2.39. The van der Waals surface area contributed by atoms with E-state index in [1.165, 1.54) is 0 Å². The van der Waals surface area contributed by atoms with Crippen molar-refractivity contribution in [2.75, 3.05) is 39.2 Å². The number of anilines is 1. The topological polar surface area (TPSA) is 60.0 Å². The molecule has 6 heteroatoms. The maximum atomic E-state index is 12.4. The molecule has 6 nitrogen and oxygen atoms in total. The normalized spacial score (nSPS) is 17.1. The molecule has 0 atom stereocenters. The fourth-order valence-electron chi connectivity index (χ4n) is 2.59. The van der Waals surface area contributed by atoms with Crippen molar-refractivity contribution in [3.05, 3.63) is 24.3 Å². The Kier molecular flexibility index (Phi) is 5.63. The number of rotatable bonds is 5. The number of amides is 2. The molecular formula is C16H24N2O4. The van der Waals surface area contributed by atoms with Crippen molar-refractivity contribution in [3.8, 4) is 5.75 Å². The average molecular weight is 308 g/mol. The third kappa shape index (κ3) is 3.69. The van der Waals surface area contributed by atoms with Gasteiger partial charge in [-0.05, 0) is 19.1 Å². The number of para-hydroxylation sites is 2. The van der Waals surface area contributed by atoms with Gasteiger partial charge in [-0.25, -0.2) is 4.79 Å². The largest absolute Gasteiger partial charge is 0.492 e. The number of urea groups is 1. The van der Waals surface area contributed by atoms with Crippen LogP contribution in [0.25, 0.3) is 0 Å². The standard InChI is InChI=1S/C16H24N2O4/c1-4-22-14-8-6-5-7-13(14)17-15(19)18-11-9-16(20-2,21-3)10-12-18/h5-8H,4,9-12H2,1-3H3,(H,17,19). The molecule has 122 valence electrons. The summed E-state index contributed by atoms with van der Waals surface area (Å²) in [6, 6.07) is 7.30. The molecule has 1 aliphatic rings. The van der Waals surface area contributed by atoms with Crippen LogP contribution in [0.3, 0.4) is 0 Å². The van der Waals surface area contributed by atoms with Crippen LogP contribution < -0.4 is 10.1 Å². The van der Waals surface area contributed by atoms with E-state index in [1.807, 2.05) is 31.2 Å². The number of likely N-dealkylation sites (tertiary alicyclic amines) is 1. The summed E-state index contributed by atoms with van der Waals surface area (Å²) in [6.45, 7) is 3.65. The maximum Gasteiger partial charge on any atom is 0.321 e. The van der Waals surface area contributed by atoms with E-state index in [1.54, 1.807) is 19.1 Å². The summed E-state index contributed by atoms with van der Waals surface area (Å²) in [4.78, 5) is 14.2. The monoisotopic (exact) mass is 308 g/mol. The van der Waals surface area contributed by atoms with E-state index in [9.17, 15) is 4.79 Å². The zero-order valence-corrected chi connectivity index (χ0v) is 13.4. The molecule has 0 aliphatic carbocycles. The summed E-state index contributed by atoms with van der Waals surface area (Å²) in [6.07, 6.45) is 1.31. The number of benzene rings is 1. The summed E-state index contributed by atoms with van der Waals surface area (Å²) in [5.41, 5.74) is 0.685. The molecule has 1 N–H and O–H groups in total. The minimum absolute atomic E-state index is 0.132. The second-order valence-electron chi connectivity index (χ2n) is 5.17. The summed E-state index contributed by atoms with van der Waals surface area (Å²) in [5, 5.41) is 2.91. The number of carbonyl (C=O) groups is 1. The van der Waals surface area contributed by atoms with Crippen molar-refractivity contribution >= 4 is 11.7 Å². The van der Waals surface area contributed by atoms with Gasteiger partial charge in [0.05, 0.1) is 12.3 Å². The van der Waals surface area contributed by atoms with E-state index in [2.05, 4.69) is 5.32 Å². The fraction of sp³-hybridized carbons (Fsp3) is 0.562. The molecule has 1 saturated heterocycles. The summed E-state index contributed by atoms with van der Waals surface area (Å²) in [7, 11) is 3.27. The van der Waals surface area contributed by atoms with Gasteiger partial charge in [-0.3, -0.25) is 0 Å². The smallest absolute Gasteiger partial charge is 0.321 e. The van der Waals surface area contributed by atoms with Crippen LogP contribution in [0, 0.1) is 0 Å². The Labute approximate surface area is 131 Å². The van der Waals surface area contributed by atoms with Crippen LogP contribution in [-0.4, -0.2) is 50.6 Å². The van der Waals surface area contributed by atoms with Crippen LogP contribution in [0.4, 0.5) is 10.5 Å². The fourth-order valence-corrected chi connectivity index (χ4v) is 2.59. The SMILES string of the molecule is CCOc1ccccc1NC(=O)N1CCC(OC)(OC)CC1. The van der Waals surface area contributed by atoms with Crippen LogP contribution in [0.15, 0.2) is 24.3 Å². The van der Waals surface area contributed by atoms with Crippen LogP contribution in [0.1, 0.15) is 19.8 Å². The van der Waals surface area contributed by atoms with Gasteiger partial charge in [-0.1, -0.05) is 12.1 Å². The highest BCUT2D eigenvalue weighted by Gasteiger charge is 2.36. The van der Waals surface area contributed by atoms with E-state index in [-0.39, 0.29) is 6.03 Å². The van der Waals surface area contributed by atoms with E-state index < -0.39 is 5.79 Å². The quantitative estimate of drug-likeness (QED) is 0.850. The molecule has 22 heavy (non-hydrogen) atoms. The van der Waals surface area contributed by atoms with Crippen molar-refractivity contribution in [2.24, 2.45) is 0 Å². The first-order valence-corrected chi connectivity index (χ1v) is 7.52. The van der Waals surface area contributed by atoms with Gasteiger partial charge < -0.3 is 24.4 Å². The number of ether oxygens (including phenoxy) is 3. The van der Waals surface area contributed by atoms with Crippen LogP contribution in [0.5, 0.6) is 5.75 Å². The van der Waals surface area contributed by atoms with E-state index >= 15 is 0 Å². The summed E-state index contributed by atoms with van der Waals surface area (Å²) < 4.78 is 16.4. The molecule has 2 rings (SSSR count). The number of nitrogens with zero attached hydrogens (tertiary/aromatic N) is 1. The predicted octanol–water partition coefficient (Wildman–Crippen LogP) is 2.70. The Balaban J connectivity index is 1.97. The third-order valence-corrected chi connectivity index (χ3v) is 3.98. The number of nitrogens with one attached hydrogen (secondary N) is 1. The Hall–Kier alpha value is -1.79. The van der Waals surface area contributed by atoms with Gasteiger partial charge in [0.15, 0.2) is 5.79 Å². The number of carbonyl (C=O) groups excluding carboxylic acids is 1. The zero-order valence-electron chi connectivity index (χ0n) is 13.4. The minimum atomic E-state index is -0.569. The molecule has 0 bridgehead atoms. The van der Waals surface area contributed by atoms with Crippen LogP contribution >= 0.6 is 0 Å². The minimum Gasteiger partial charge on any atom is -0.492 e. The Bertz CT molecular complexity index is 493. The van der Waals surface area contributed by atoms with Gasteiger partial charge in [0, 0.05) is 40.2 Å². The lowest BCUT2D eigenvalue weighted by Crippen LogP contribution is -2.49. The van der Waals surface area contributed by atoms with Gasteiger partial charge >= 0.3 is 6.03 Å². The highest BCUT2D eigenvalue weighted by Crippen LogP contribution is 2.28. The molecular weight excluding hydrogens is 284 g/mol. The van der Waals surface area contributed by atoms with Gasteiger partial charge in [-0.2, -0.15) is 0 Å². The Morgan fingerprint density at radius 2 is 1.86 bits per heavy atom. The molecule has 0 spiro atoms. The van der Waals surface area contributed by atoms with Gasteiger partial charge in [-0.15, -0.1) is 0 Å². The maximum absolute atomic E-state index is 12.4. The van der Waals surface area contributed by atoms with Crippen molar-refractivity contribution in [2.45, 2.75) is 25.6 Å². The summed E-state index contributed by atoms with van der Waals surface area (Å²) in [5.74, 6) is 0.110. The van der Waals surface area contributed by atoms with Crippen LogP contribution in [0.2, 0.25) is 0 Å². The second-order valence-corrected chi connectivity index (χ2v) is 5.17. The van der Waals surface area contributed by atoms with E-state index in [0.717, 1.165) is 0 Å². The van der Waals surface area contributed by atoms with Gasteiger partial charge in [0.25, 0.3) is 0 Å². The number of methoxy groups -OCH3 is 2. The molecule has 0 radical (unpaired) electrons. The molecule has 1 aromatic carbocycles.